The lowest BCUT2D eigenvalue weighted by Gasteiger charge is -2.09. The minimum absolute atomic E-state index is 0.0386. The number of alkyl halides is 3. The van der Waals surface area contributed by atoms with Gasteiger partial charge in [-0.15, -0.1) is 0 Å². The maximum absolute atomic E-state index is 12.6. The molecule has 0 unspecified atom stereocenters. The van der Waals surface area contributed by atoms with Gasteiger partial charge in [0.05, 0.1) is 11.9 Å². The number of halogens is 3. The number of hydrogen-bond donors (Lipinski definition) is 1. The minimum Gasteiger partial charge on any atom is -0.449 e. The Morgan fingerprint density at radius 2 is 2.00 bits per heavy atom. The van der Waals surface area contributed by atoms with Crippen LogP contribution in [0.15, 0.2) is 30.6 Å². The van der Waals surface area contributed by atoms with Gasteiger partial charge in [0, 0.05) is 6.20 Å². The third kappa shape index (κ3) is 2.99. The quantitative estimate of drug-likeness (QED) is 0.854. The van der Waals surface area contributed by atoms with Crippen LogP contribution in [0.4, 0.5) is 18.0 Å². The van der Waals surface area contributed by atoms with Crippen LogP contribution >= 0.6 is 0 Å². The first-order chi connectivity index (χ1) is 9.38. The van der Waals surface area contributed by atoms with Gasteiger partial charge in [0.2, 0.25) is 5.82 Å². The Bertz CT molecular complexity index is 632. The van der Waals surface area contributed by atoms with Gasteiger partial charge >= 0.3 is 12.3 Å². The molecule has 0 spiro atoms. The maximum Gasteiger partial charge on any atom is 0.511 e. The fourth-order valence-electron chi connectivity index (χ4n) is 1.36. The van der Waals surface area contributed by atoms with Crippen molar-refractivity contribution in [3.05, 3.63) is 36.4 Å². The van der Waals surface area contributed by atoms with Crippen LogP contribution in [0.2, 0.25) is 0 Å². The van der Waals surface area contributed by atoms with Gasteiger partial charge in [0.1, 0.15) is 5.69 Å². The molecule has 0 saturated heterocycles. The topological polar surface area (TPSA) is 85.2 Å². The molecule has 20 heavy (non-hydrogen) atoms. The predicted octanol–water partition coefficient (Wildman–Crippen LogP) is 2.61. The van der Waals surface area contributed by atoms with Crippen LogP contribution in [0.1, 0.15) is 5.82 Å². The largest absolute Gasteiger partial charge is 0.511 e. The summed E-state index contributed by atoms with van der Waals surface area (Å²) >= 11 is 0. The summed E-state index contributed by atoms with van der Waals surface area (Å²) in [4.78, 5) is 20.6. The van der Waals surface area contributed by atoms with Crippen molar-refractivity contribution < 1.29 is 27.8 Å². The van der Waals surface area contributed by atoms with E-state index in [9.17, 15) is 18.0 Å². The van der Waals surface area contributed by atoms with E-state index in [2.05, 4.69) is 19.7 Å². The van der Waals surface area contributed by atoms with Crippen molar-refractivity contribution in [1.29, 1.82) is 0 Å². The summed E-state index contributed by atoms with van der Waals surface area (Å²) < 4.78 is 42.1. The molecule has 0 saturated carbocycles. The van der Waals surface area contributed by atoms with E-state index in [-0.39, 0.29) is 11.4 Å². The van der Waals surface area contributed by atoms with Crippen molar-refractivity contribution in [3.8, 4) is 17.1 Å². The number of carbonyl (C=O) groups is 1. The molecule has 2 heterocycles. The molecule has 0 aliphatic heterocycles. The highest BCUT2D eigenvalue weighted by molar-refractivity contribution is 5.68. The van der Waals surface area contributed by atoms with Gasteiger partial charge in [-0.25, -0.2) is 14.8 Å². The molecular weight excluding hydrogens is 279 g/mol. The van der Waals surface area contributed by atoms with E-state index < -0.39 is 23.9 Å². The van der Waals surface area contributed by atoms with Crippen molar-refractivity contribution in [1.82, 2.24) is 15.0 Å². The molecule has 1 N–H and O–H groups in total. The zero-order chi connectivity index (χ0) is 14.8. The SMILES string of the molecule is O=C(O)Oc1cnc(C(F)(F)F)nc1-c1ccccn1. The zero-order valence-electron chi connectivity index (χ0n) is 9.63. The van der Waals surface area contributed by atoms with Gasteiger partial charge in [0.15, 0.2) is 5.75 Å². The van der Waals surface area contributed by atoms with Crippen molar-refractivity contribution in [3.63, 3.8) is 0 Å². The normalized spacial score (nSPS) is 11.2. The highest BCUT2D eigenvalue weighted by Gasteiger charge is 2.35. The van der Waals surface area contributed by atoms with Gasteiger partial charge in [-0.05, 0) is 12.1 Å². The Morgan fingerprint density at radius 1 is 1.25 bits per heavy atom. The molecule has 0 atom stereocenters. The molecule has 0 amide bonds. The van der Waals surface area contributed by atoms with Crippen molar-refractivity contribution >= 4 is 6.16 Å². The number of pyridine rings is 1. The molecule has 2 aromatic heterocycles. The fraction of sp³-hybridized carbons (Fsp3) is 0.0909. The second kappa shape index (κ2) is 5.11. The van der Waals surface area contributed by atoms with E-state index in [1.54, 1.807) is 6.07 Å². The van der Waals surface area contributed by atoms with E-state index in [1.165, 1.54) is 18.3 Å². The summed E-state index contributed by atoms with van der Waals surface area (Å²) in [5.41, 5.74) is -0.313. The van der Waals surface area contributed by atoms with Gasteiger partial charge in [-0.2, -0.15) is 13.2 Å². The second-order valence-electron chi connectivity index (χ2n) is 3.49. The molecule has 6 nitrogen and oxygen atoms in total. The lowest BCUT2D eigenvalue weighted by molar-refractivity contribution is -0.144. The maximum atomic E-state index is 12.6. The number of ether oxygens (including phenoxy) is 1. The number of nitrogens with zero attached hydrogens (tertiary/aromatic N) is 3. The molecule has 0 radical (unpaired) electrons. The molecule has 0 aliphatic carbocycles. The molecular formula is C11H6F3N3O3. The van der Waals surface area contributed by atoms with Gasteiger partial charge < -0.3 is 9.84 Å². The molecule has 0 fully saturated rings. The van der Waals surface area contributed by atoms with E-state index in [4.69, 9.17) is 5.11 Å². The van der Waals surface area contributed by atoms with Crippen LogP contribution in [0.5, 0.6) is 5.75 Å². The van der Waals surface area contributed by atoms with E-state index >= 15 is 0 Å². The molecule has 2 aromatic rings. The van der Waals surface area contributed by atoms with E-state index in [1.807, 2.05) is 0 Å². The van der Waals surface area contributed by atoms with Crippen molar-refractivity contribution in [2.24, 2.45) is 0 Å². The van der Waals surface area contributed by atoms with Gasteiger partial charge in [0.25, 0.3) is 0 Å². The highest BCUT2D eigenvalue weighted by atomic mass is 19.4. The summed E-state index contributed by atoms with van der Waals surface area (Å²) in [6, 6.07) is 4.44. The lowest BCUT2D eigenvalue weighted by atomic mass is 10.2. The van der Waals surface area contributed by atoms with Crippen LogP contribution in [-0.2, 0) is 6.18 Å². The average Bonchev–Trinajstić information content (AvgIpc) is 2.38. The van der Waals surface area contributed by atoms with Crippen LogP contribution in [-0.4, -0.2) is 26.2 Å². The monoisotopic (exact) mass is 285 g/mol. The number of rotatable bonds is 2. The Hall–Kier alpha value is -2.71. The number of aromatic nitrogens is 3. The lowest BCUT2D eigenvalue weighted by Crippen LogP contribution is -2.13. The van der Waals surface area contributed by atoms with Gasteiger partial charge in [-0.1, -0.05) is 6.07 Å². The predicted molar refractivity (Wildman–Crippen MR) is 58.9 cm³/mol. The molecule has 0 aromatic carbocycles. The van der Waals surface area contributed by atoms with E-state index in [0.717, 1.165) is 0 Å². The van der Waals surface area contributed by atoms with Crippen molar-refractivity contribution in [2.45, 2.75) is 6.18 Å². The van der Waals surface area contributed by atoms with Crippen LogP contribution in [0.3, 0.4) is 0 Å². The third-order valence-electron chi connectivity index (χ3n) is 2.11. The number of hydrogen-bond acceptors (Lipinski definition) is 5. The first kappa shape index (κ1) is 13.7. The molecule has 2 rings (SSSR count). The summed E-state index contributed by atoms with van der Waals surface area (Å²) in [6.07, 6.45) is -4.47. The number of carboxylic acid groups (broad SMARTS) is 1. The smallest absolute Gasteiger partial charge is 0.449 e. The molecule has 9 heteroatoms. The Kier molecular flexibility index (Phi) is 3.51. The highest BCUT2D eigenvalue weighted by Crippen LogP contribution is 2.31. The summed E-state index contributed by atoms with van der Waals surface area (Å²) in [6.45, 7) is 0. The first-order valence-corrected chi connectivity index (χ1v) is 5.14. The summed E-state index contributed by atoms with van der Waals surface area (Å²) in [5, 5.41) is 8.55. The Morgan fingerprint density at radius 3 is 2.55 bits per heavy atom. The third-order valence-corrected chi connectivity index (χ3v) is 2.11. The summed E-state index contributed by atoms with van der Waals surface area (Å²) in [7, 11) is 0. The van der Waals surface area contributed by atoms with Crippen LogP contribution in [0.25, 0.3) is 11.4 Å². The second-order valence-corrected chi connectivity index (χ2v) is 3.49. The Labute approximate surface area is 109 Å². The fourth-order valence-corrected chi connectivity index (χ4v) is 1.36. The molecule has 0 bridgehead atoms. The minimum atomic E-state index is -4.76. The summed E-state index contributed by atoms with van der Waals surface area (Å²) in [5.74, 6) is -1.83. The average molecular weight is 285 g/mol. The van der Waals surface area contributed by atoms with Crippen LogP contribution < -0.4 is 4.74 Å². The molecule has 0 aliphatic rings. The standard InChI is InChI=1S/C11H6F3N3O3/c12-11(13,14)9-16-5-7(20-10(18)19)8(17-9)6-3-1-2-4-15-6/h1-5H,(H,18,19). The van der Waals surface area contributed by atoms with E-state index in [0.29, 0.717) is 6.20 Å². The first-order valence-electron chi connectivity index (χ1n) is 5.14. The van der Waals surface area contributed by atoms with Crippen LogP contribution in [0, 0.1) is 0 Å². The van der Waals surface area contributed by atoms with Gasteiger partial charge in [-0.3, -0.25) is 4.98 Å². The Balaban J connectivity index is 2.57. The molecule has 104 valence electrons. The van der Waals surface area contributed by atoms with Crippen molar-refractivity contribution in [2.75, 3.05) is 0 Å². The zero-order valence-corrected chi connectivity index (χ0v) is 9.63.